The lowest BCUT2D eigenvalue weighted by Gasteiger charge is -2.20. The highest BCUT2D eigenvalue weighted by molar-refractivity contribution is 5.77. The van der Waals surface area contributed by atoms with E-state index < -0.39 is 0 Å². The van der Waals surface area contributed by atoms with Gasteiger partial charge in [-0.2, -0.15) is 0 Å². The first-order valence-electron chi connectivity index (χ1n) is 8.24. The van der Waals surface area contributed by atoms with Gasteiger partial charge < -0.3 is 16.2 Å². The van der Waals surface area contributed by atoms with Crippen molar-refractivity contribution in [2.45, 2.75) is 38.6 Å². The van der Waals surface area contributed by atoms with Crippen LogP contribution in [0.4, 0.5) is 0 Å². The largest absolute Gasteiger partial charge is 0.508 e. The van der Waals surface area contributed by atoms with Crippen molar-refractivity contribution >= 4 is 5.96 Å². The zero-order valence-electron chi connectivity index (χ0n) is 13.5. The summed E-state index contributed by atoms with van der Waals surface area (Å²) in [5, 5.41) is 12.4. The molecule has 1 heterocycles. The van der Waals surface area contributed by atoms with Crippen LogP contribution in [-0.4, -0.2) is 48.2 Å². The summed E-state index contributed by atoms with van der Waals surface area (Å²) in [5.41, 5.74) is 7.15. The fourth-order valence-electron chi connectivity index (χ4n) is 2.95. The number of nitrogens with one attached hydrogen (secondary N) is 1. The number of hydrogen-bond acceptors (Lipinski definition) is 3. The van der Waals surface area contributed by atoms with Crippen molar-refractivity contribution in [2.24, 2.45) is 10.7 Å². The fourth-order valence-corrected chi connectivity index (χ4v) is 2.95. The highest BCUT2D eigenvalue weighted by Gasteiger charge is 2.22. The van der Waals surface area contributed by atoms with E-state index in [1.54, 1.807) is 12.1 Å². The maximum Gasteiger partial charge on any atom is 0.188 e. The summed E-state index contributed by atoms with van der Waals surface area (Å²) in [5.74, 6) is 0.861. The Morgan fingerprint density at radius 2 is 2.18 bits per heavy atom. The standard InChI is InChI=1S/C17H28N4O/c1-2-21-12-4-6-15(21)13-20-17(18)19-11-3-5-14-7-9-16(22)10-8-14/h7-10,15,22H,2-6,11-13H2,1H3,(H3,18,19,20). The Hall–Kier alpha value is -1.75. The molecule has 0 spiro atoms. The van der Waals surface area contributed by atoms with Crippen LogP contribution in [0.3, 0.4) is 0 Å². The van der Waals surface area contributed by atoms with Crippen molar-refractivity contribution in [3.05, 3.63) is 29.8 Å². The van der Waals surface area contributed by atoms with Gasteiger partial charge in [-0.3, -0.25) is 9.89 Å². The lowest BCUT2D eigenvalue weighted by molar-refractivity contribution is 0.273. The molecule has 1 saturated heterocycles. The maximum atomic E-state index is 9.24. The highest BCUT2D eigenvalue weighted by atomic mass is 16.3. The van der Waals surface area contributed by atoms with Gasteiger partial charge in [-0.25, -0.2) is 0 Å². The van der Waals surface area contributed by atoms with Crippen LogP contribution in [0.25, 0.3) is 0 Å². The third-order valence-electron chi connectivity index (χ3n) is 4.26. The summed E-state index contributed by atoms with van der Waals surface area (Å²) >= 11 is 0. The Morgan fingerprint density at radius 3 is 2.91 bits per heavy atom. The van der Waals surface area contributed by atoms with Crippen LogP contribution < -0.4 is 11.1 Å². The minimum atomic E-state index is 0.311. The SMILES string of the molecule is CCN1CCCC1CN=C(N)NCCCc1ccc(O)cc1. The smallest absolute Gasteiger partial charge is 0.188 e. The van der Waals surface area contributed by atoms with Crippen molar-refractivity contribution in [3.63, 3.8) is 0 Å². The predicted octanol–water partition coefficient (Wildman–Crippen LogP) is 1.71. The van der Waals surface area contributed by atoms with Gasteiger partial charge in [-0.15, -0.1) is 0 Å². The van der Waals surface area contributed by atoms with E-state index in [0.717, 1.165) is 32.5 Å². The van der Waals surface area contributed by atoms with Crippen LogP contribution >= 0.6 is 0 Å². The third kappa shape index (κ3) is 5.22. The van der Waals surface area contributed by atoms with Crippen molar-refractivity contribution in [3.8, 4) is 5.75 Å². The molecule has 0 aromatic heterocycles. The number of phenols is 1. The number of likely N-dealkylation sites (tertiary alicyclic amines) is 1. The lowest BCUT2D eigenvalue weighted by Crippen LogP contribution is -2.36. The van der Waals surface area contributed by atoms with Crippen LogP contribution in [0.15, 0.2) is 29.3 Å². The first kappa shape index (κ1) is 16.6. The number of guanidine groups is 1. The Balaban J connectivity index is 1.63. The quantitative estimate of drug-likeness (QED) is 0.407. The molecule has 1 atom stereocenters. The second kappa shape index (κ2) is 8.63. The molecular weight excluding hydrogens is 276 g/mol. The minimum Gasteiger partial charge on any atom is -0.508 e. The van der Waals surface area contributed by atoms with Gasteiger partial charge in [0.15, 0.2) is 5.96 Å². The molecule has 4 N–H and O–H groups in total. The molecule has 0 aliphatic carbocycles. The van der Waals surface area contributed by atoms with Gasteiger partial charge in [0.05, 0.1) is 6.54 Å². The summed E-state index contributed by atoms with van der Waals surface area (Å²) < 4.78 is 0. The van der Waals surface area contributed by atoms with Crippen LogP contribution in [-0.2, 0) is 6.42 Å². The van der Waals surface area contributed by atoms with E-state index in [-0.39, 0.29) is 0 Å². The number of hydrogen-bond donors (Lipinski definition) is 3. The second-order valence-corrected chi connectivity index (χ2v) is 5.85. The minimum absolute atomic E-state index is 0.311. The average Bonchev–Trinajstić information content (AvgIpc) is 2.99. The molecule has 0 radical (unpaired) electrons. The molecule has 1 aromatic carbocycles. The number of nitrogens with two attached hydrogens (primary N) is 1. The molecule has 1 aromatic rings. The molecule has 1 aliphatic heterocycles. The van der Waals surface area contributed by atoms with Crippen molar-refractivity contribution in [2.75, 3.05) is 26.2 Å². The molecule has 1 unspecified atom stereocenters. The maximum absolute atomic E-state index is 9.24. The Kier molecular flexibility index (Phi) is 6.52. The number of phenolic OH excluding ortho intramolecular Hbond substituents is 1. The molecule has 2 rings (SSSR count). The number of aromatic hydroxyl groups is 1. The summed E-state index contributed by atoms with van der Waals surface area (Å²) in [4.78, 5) is 6.94. The van der Waals surface area contributed by atoms with Gasteiger partial charge in [-0.05, 0) is 56.5 Å². The van der Waals surface area contributed by atoms with E-state index >= 15 is 0 Å². The number of benzene rings is 1. The van der Waals surface area contributed by atoms with E-state index in [1.807, 2.05) is 12.1 Å². The van der Waals surface area contributed by atoms with E-state index in [4.69, 9.17) is 5.73 Å². The van der Waals surface area contributed by atoms with Crippen molar-refractivity contribution < 1.29 is 5.11 Å². The molecule has 1 aliphatic rings. The molecule has 0 saturated carbocycles. The van der Waals surface area contributed by atoms with Crippen LogP contribution in [0.5, 0.6) is 5.75 Å². The van der Waals surface area contributed by atoms with Crippen molar-refractivity contribution in [1.82, 2.24) is 10.2 Å². The number of rotatable bonds is 7. The predicted molar refractivity (Wildman–Crippen MR) is 91.2 cm³/mol. The molecule has 22 heavy (non-hydrogen) atoms. The van der Waals surface area contributed by atoms with Crippen LogP contribution in [0, 0.1) is 0 Å². The lowest BCUT2D eigenvalue weighted by atomic mass is 10.1. The summed E-state index contributed by atoms with van der Waals surface area (Å²) in [6, 6.07) is 7.90. The molecule has 1 fully saturated rings. The van der Waals surface area contributed by atoms with Gasteiger partial charge in [-0.1, -0.05) is 19.1 Å². The second-order valence-electron chi connectivity index (χ2n) is 5.85. The highest BCUT2D eigenvalue weighted by Crippen LogP contribution is 2.16. The van der Waals surface area contributed by atoms with Crippen LogP contribution in [0.1, 0.15) is 31.7 Å². The zero-order valence-corrected chi connectivity index (χ0v) is 13.5. The molecule has 0 bridgehead atoms. The van der Waals surface area contributed by atoms with E-state index in [0.29, 0.717) is 17.8 Å². The molecule has 5 heteroatoms. The van der Waals surface area contributed by atoms with Gasteiger partial charge in [0.2, 0.25) is 0 Å². The summed E-state index contributed by atoms with van der Waals surface area (Å²) in [6.07, 6.45) is 4.46. The first-order valence-corrected chi connectivity index (χ1v) is 8.24. The molecule has 5 nitrogen and oxygen atoms in total. The topological polar surface area (TPSA) is 73.9 Å². The Labute approximate surface area is 133 Å². The summed E-state index contributed by atoms with van der Waals surface area (Å²) in [7, 11) is 0. The first-order chi connectivity index (χ1) is 10.7. The fraction of sp³-hybridized carbons (Fsp3) is 0.588. The molecule has 0 amide bonds. The Morgan fingerprint density at radius 1 is 1.41 bits per heavy atom. The van der Waals surface area contributed by atoms with Crippen molar-refractivity contribution in [1.29, 1.82) is 0 Å². The number of aryl methyl sites for hydroxylation is 1. The number of likely N-dealkylation sites (N-methyl/N-ethyl adjacent to an activating group) is 1. The van der Waals surface area contributed by atoms with E-state index in [2.05, 4.69) is 22.1 Å². The van der Waals surface area contributed by atoms with E-state index in [9.17, 15) is 5.11 Å². The molecular formula is C17H28N4O. The monoisotopic (exact) mass is 304 g/mol. The van der Waals surface area contributed by atoms with Gasteiger partial charge in [0.25, 0.3) is 0 Å². The summed E-state index contributed by atoms with van der Waals surface area (Å²) in [6.45, 7) is 6.10. The van der Waals surface area contributed by atoms with Gasteiger partial charge in [0, 0.05) is 12.6 Å². The Bertz CT molecular complexity index is 472. The number of aliphatic imine (C=N–C) groups is 1. The van der Waals surface area contributed by atoms with E-state index in [1.165, 1.54) is 24.9 Å². The molecule has 122 valence electrons. The number of nitrogens with zero attached hydrogens (tertiary/aromatic N) is 2. The zero-order chi connectivity index (χ0) is 15.8. The van der Waals surface area contributed by atoms with Gasteiger partial charge in [0.1, 0.15) is 5.75 Å². The van der Waals surface area contributed by atoms with Gasteiger partial charge >= 0.3 is 0 Å². The average molecular weight is 304 g/mol. The van der Waals surface area contributed by atoms with Crippen LogP contribution in [0.2, 0.25) is 0 Å². The third-order valence-corrected chi connectivity index (χ3v) is 4.26. The normalized spacial score (nSPS) is 19.5.